The molecule has 0 saturated heterocycles. The van der Waals surface area contributed by atoms with Gasteiger partial charge in [-0.25, -0.2) is 9.37 Å². The van der Waals surface area contributed by atoms with E-state index >= 15 is 0 Å². The summed E-state index contributed by atoms with van der Waals surface area (Å²) in [6.07, 6.45) is 0. The molecular weight excluding hydrogens is 369 g/mol. The number of hydrogen-bond donors (Lipinski definition) is 1. The number of oxazole rings is 1. The summed E-state index contributed by atoms with van der Waals surface area (Å²) in [5.74, 6) is -0.895. The van der Waals surface area contributed by atoms with Gasteiger partial charge in [0.2, 0.25) is 5.89 Å². The summed E-state index contributed by atoms with van der Waals surface area (Å²) >= 11 is 0. The van der Waals surface area contributed by atoms with Gasteiger partial charge in [0.15, 0.2) is 5.58 Å². The van der Waals surface area contributed by atoms with Crippen LogP contribution in [0.5, 0.6) is 0 Å². The molecule has 4 aromatic rings. The van der Waals surface area contributed by atoms with Gasteiger partial charge in [-0.2, -0.15) is 5.26 Å². The van der Waals surface area contributed by atoms with Crippen LogP contribution in [0.25, 0.3) is 22.6 Å². The molecule has 142 valence electrons. The molecule has 3 aromatic carbocycles. The maximum atomic E-state index is 14.1. The number of nitrogens with zero attached hydrogens (tertiary/aromatic N) is 2. The van der Waals surface area contributed by atoms with Crippen molar-refractivity contribution in [3.05, 3.63) is 82.7 Å². The number of nitriles is 1. The number of carbonyl (C=O) groups excluding carboxylic acids is 1. The lowest BCUT2D eigenvalue weighted by Crippen LogP contribution is -2.14. The lowest BCUT2D eigenvalue weighted by Gasteiger charge is -2.11. The monoisotopic (exact) mass is 385 g/mol. The minimum Gasteiger partial charge on any atom is -0.436 e. The number of carbonyl (C=O) groups is 1. The second-order valence-electron chi connectivity index (χ2n) is 6.73. The average molecular weight is 385 g/mol. The quantitative estimate of drug-likeness (QED) is 0.514. The molecule has 0 radical (unpaired) electrons. The van der Waals surface area contributed by atoms with Crippen molar-refractivity contribution < 1.29 is 13.6 Å². The Morgan fingerprint density at radius 3 is 2.72 bits per heavy atom. The van der Waals surface area contributed by atoms with Crippen molar-refractivity contribution in [2.75, 3.05) is 5.32 Å². The zero-order chi connectivity index (χ0) is 20.5. The summed E-state index contributed by atoms with van der Waals surface area (Å²) in [4.78, 5) is 17.1. The van der Waals surface area contributed by atoms with Gasteiger partial charge in [0.25, 0.3) is 5.91 Å². The molecule has 0 aliphatic heterocycles. The third-order valence-corrected chi connectivity index (χ3v) is 4.70. The van der Waals surface area contributed by atoms with Gasteiger partial charge in [0, 0.05) is 11.3 Å². The van der Waals surface area contributed by atoms with Crippen molar-refractivity contribution in [3.63, 3.8) is 0 Å². The van der Waals surface area contributed by atoms with Crippen molar-refractivity contribution in [2.45, 2.75) is 13.8 Å². The number of amides is 1. The van der Waals surface area contributed by atoms with Gasteiger partial charge in [0.1, 0.15) is 11.3 Å². The summed E-state index contributed by atoms with van der Waals surface area (Å²) in [7, 11) is 0. The van der Waals surface area contributed by atoms with Crippen molar-refractivity contribution in [1.82, 2.24) is 4.98 Å². The van der Waals surface area contributed by atoms with Gasteiger partial charge < -0.3 is 9.73 Å². The van der Waals surface area contributed by atoms with E-state index in [4.69, 9.17) is 9.68 Å². The maximum absolute atomic E-state index is 14.1. The van der Waals surface area contributed by atoms with Crippen LogP contribution in [0.1, 0.15) is 27.0 Å². The van der Waals surface area contributed by atoms with Crippen molar-refractivity contribution in [1.29, 1.82) is 5.26 Å². The number of aromatic nitrogens is 1. The number of hydrogen-bond acceptors (Lipinski definition) is 4. The number of rotatable bonds is 3. The summed E-state index contributed by atoms with van der Waals surface area (Å²) in [6, 6.07) is 16.7. The first-order valence-electron chi connectivity index (χ1n) is 8.94. The molecule has 4 rings (SSSR count). The second kappa shape index (κ2) is 7.21. The van der Waals surface area contributed by atoms with Crippen LogP contribution in [0, 0.1) is 31.0 Å². The summed E-state index contributed by atoms with van der Waals surface area (Å²) < 4.78 is 20.0. The first kappa shape index (κ1) is 18.4. The molecular formula is C23H16FN3O2. The number of nitrogens with one attached hydrogen (secondary N) is 1. The van der Waals surface area contributed by atoms with E-state index in [9.17, 15) is 9.18 Å². The minimum absolute atomic E-state index is 0.133. The first-order valence-corrected chi connectivity index (χ1v) is 8.94. The van der Waals surface area contributed by atoms with E-state index in [2.05, 4.69) is 10.3 Å². The number of benzene rings is 3. The van der Waals surface area contributed by atoms with E-state index < -0.39 is 11.7 Å². The highest BCUT2D eigenvalue weighted by Crippen LogP contribution is 2.31. The smallest absolute Gasteiger partial charge is 0.258 e. The normalized spacial score (nSPS) is 10.7. The average Bonchev–Trinajstić information content (AvgIpc) is 3.12. The van der Waals surface area contributed by atoms with Crippen LogP contribution in [0.2, 0.25) is 0 Å². The number of fused-ring (bicyclic) bond motifs is 1. The molecule has 1 amide bonds. The first-order chi connectivity index (χ1) is 14.0. The highest BCUT2D eigenvalue weighted by atomic mass is 19.1. The zero-order valence-electron chi connectivity index (χ0n) is 15.8. The van der Waals surface area contributed by atoms with Gasteiger partial charge in [-0.05, 0) is 67.4 Å². The number of aryl methyl sites for hydroxylation is 1. The molecule has 29 heavy (non-hydrogen) atoms. The molecule has 0 atom stereocenters. The molecule has 1 aromatic heterocycles. The molecule has 0 aliphatic carbocycles. The van der Waals surface area contributed by atoms with E-state index in [0.29, 0.717) is 17.2 Å². The summed E-state index contributed by atoms with van der Waals surface area (Å²) in [6.45, 7) is 3.82. The number of anilines is 1. The lowest BCUT2D eigenvalue weighted by atomic mass is 10.1. The molecule has 1 N–H and O–H groups in total. The van der Waals surface area contributed by atoms with E-state index in [-0.39, 0.29) is 11.1 Å². The predicted octanol–water partition coefficient (Wildman–Crippen LogP) is 5.37. The minimum atomic E-state index is -0.746. The van der Waals surface area contributed by atoms with Crippen LogP contribution < -0.4 is 5.32 Å². The van der Waals surface area contributed by atoms with Crippen LogP contribution in [0.4, 0.5) is 10.1 Å². The van der Waals surface area contributed by atoms with Crippen LogP contribution in [0.15, 0.2) is 59.0 Å². The Morgan fingerprint density at radius 2 is 1.97 bits per heavy atom. The SMILES string of the molecule is Cc1ccc2oc(-c3cccc(NC(=O)c4ccc(C#N)cc4F)c3C)nc2c1. The van der Waals surface area contributed by atoms with Crippen molar-refractivity contribution in [3.8, 4) is 17.5 Å². The zero-order valence-corrected chi connectivity index (χ0v) is 15.8. The lowest BCUT2D eigenvalue weighted by molar-refractivity contribution is 0.102. The van der Waals surface area contributed by atoms with E-state index in [1.807, 2.05) is 44.2 Å². The predicted molar refractivity (Wildman–Crippen MR) is 108 cm³/mol. The summed E-state index contributed by atoms with van der Waals surface area (Å²) in [5.41, 5.74) is 4.55. The molecule has 0 saturated carbocycles. The van der Waals surface area contributed by atoms with E-state index in [1.165, 1.54) is 12.1 Å². The molecule has 0 unspecified atom stereocenters. The second-order valence-corrected chi connectivity index (χ2v) is 6.73. The Hall–Kier alpha value is -3.98. The van der Waals surface area contributed by atoms with E-state index in [0.717, 1.165) is 28.3 Å². The molecule has 0 aliphatic rings. The van der Waals surface area contributed by atoms with Gasteiger partial charge >= 0.3 is 0 Å². The largest absolute Gasteiger partial charge is 0.436 e. The highest BCUT2D eigenvalue weighted by Gasteiger charge is 2.17. The topological polar surface area (TPSA) is 78.9 Å². The van der Waals surface area contributed by atoms with Crippen LogP contribution in [-0.2, 0) is 0 Å². The maximum Gasteiger partial charge on any atom is 0.258 e. The van der Waals surface area contributed by atoms with E-state index in [1.54, 1.807) is 12.1 Å². The highest BCUT2D eigenvalue weighted by molar-refractivity contribution is 6.05. The Kier molecular flexibility index (Phi) is 4.57. The molecule has 0 spiro atoms. The van der Waals surface area contributed by atoms with Gasteiger partial charge in [0.05, 0.1) is 17.2 Å². The van der Waals surface area contributed by atoms with Gasteiger partial charge in [-0.15, -0.1) is 0 Å². The van der Waals surface area contributed by atoms with Crippen LogP contribution >= 0.6 is 0 Å². The molecule has 5 nitrogen and oxygen atoms in total. The Balaban J connectivity index is 1.67. The standard InChI is InChI=1S/C23H16FN3O2/c1-13-6-9-21-20(10-13)27-23(29-21)16-4-3-5-19(14(16)2)26-22(28)17-8-7-15(12-25)11-18(17)24/h3-11H,1-2H3,(H,26,28). The third-order valence-electron chi connectivity index (χ3n) is 4.70. The Labute approximate surface area is 166 Å². The third kappa shape index (κ3) is 3.46. The van der Waals surface area contributed by atoms with Gasteiger partial charge in [-0.3, -0.25) is 4.79 Å². The Bertz CT molecular complexity index is 1300. The molecule has 1 heterocycles. The summed E-state index contributed by atoms with van der Waals surface area (Å²) in [5, 5.41) is 11.6. The van der Waals surface area contributed by atoms with Crippen LogP contribution in [0.3, 0.4) is 0 Å². The molecule has 6 heteroatoms. The molecule has 0 fully saturated rings. The Morgan fingerprint density at radius 1 is 1.14 bits per heavy atom. The fourth-order valence-electron chi connectivity index (χ4n) is 3.11. The number of halogens is 1. The fraction of sp³-hybridized carbons (Fsp3) is 0.0870. The fourth-order valence-corrected chi connectivity index (χ4v) is 3.11. The van der Waals surface area contributed by atoms with Crippen molar-refractivity contribution in [2.24, 2.45) is 0 Å². The molecule has 0 bridgehead atoms. The van der Waals surface area contributed by atoms with Crippen LogP contribution in [-0.4, -0.2) is 10.9 Å². The van der Waals surface area contributed by atoms with Gasteiger partial charge in [-0.1, -0.05) is 12.1 Å². The van der Waals surface area contributed by atoms with Crippen molar-refractivity contribution >= 4 is 22.7 Å².